The van der Waals surface area contributed by atoms with Gasteiger partial charge in [0, 0.05) is 11.0 Å². The smallest absolute Gasteiger partial charge is 0.204 e. The van der Waals surface area contributed by atoms with Crippen molar-refractivity contribution >= 4 is 32.9 Å². The van der Waals surface area contributed by atoms with E-state index in [2.05, 4.69) is 76.1 Å². The van der Waals surface area contributed by atoms with Gasteiger partial charge in [0.2, 0.25) is 5.95 Å². The Bertz CT molecular complexity index is 823. The maximum Gasteiger partial charge on any atom is 0.204 e. The quantitative estimate of drug-likeness (QED) is 0.606. The highest BCUT2D eigenvalue weighted by Gasteiger charge is 2.12. The lowest BCUT2D eigenvalue weighted by Gasteiger charge is -2.17. The van der Waals surface area contributed by atoms with E-state index in [4.69, 9.17) is 4.98 Å². The van der Waals surface area contributed by atoms with Crippen molar-refractivity contribution < 1.29 is 4.90 Å². The van der Waals surface area contributed by atoms with Crippen LogP contribution in [0.4, 0.5) is 5.95 Å². The molecule has 0 radical (unpaired) electrons. The van der Waals surface area contributed by atoms with Crippen molar-refractivity contribution in [3.63, 3.8) is 0 Å². The minimum absolute atomic E-state index is 0.765. The van der Waals surface area contributed by atoms with Crippen LogP contribution in [0.25, 0.3) is 11.0 Å². The summed E-state index contributed by atoms with van der Waals surface area (Å²) in [6.07, 6.45) is 0. The van der Waals surface area contributed by atoms with E-state index in [1.54, 1.807) is 4.90 Å². The Labute approximate surface area is 158 Å². The molecule has 4 nitrogen and oxygen atoms in total. The molecular formula is C20H26BrN4+. The molecule has 0 unspecified atom stereocenters. The van der Waals surface area contributed by atoms with Crippen molar-refractivity contribution in [1.29, 1.82) is 0 Å². The van der Waals surface area contributed by atoms with Crippen molar-refractivity contribution in [3.8, 4) is 0 Å². The van der Waals surface area contributed by atoms with Gasteiger partial charge in [-0.25, -0.2) is 4.98 Å². The van der Waals surface area contributed by atoms with Crippen LogP contribution in [0.5, 0.6) is 0 Å². The molecule has 3 aromatic rings. The van der Waals surface area contributed by atoms with E-state index in [1.807, 2.05) is 12.1 Å². The molecule has 0 atom stereocenters. The number of nitrogens with zero attached hydrogens (tertiary/aromatic N) is 2. The lowest BCUT2D eigenvalue weighted by molar-refractivity contribution is -0.897. The van der Waals surface area contributed by atoms with Crippen molar-refractivity contribution in [2.75, 3.05) is 25.0 Å². The van der Waals surface area contributed by atoms with Gasteiger partial charge in [0.1, 0.15) is 0 Å². The number of rotatable bonds is 8. The highest BCUT2D eigenvalue weighted by atomic mass is 79.9. The van der Waals surface area contributed by atoms with Crippen LogP contribution >= 0.6 is 15.9 Å². The van der Waals surface area contributed by atoms with Crippen molar-refractivity contribution in [1.82, 2.24) is 9.55 Å². The maximum absolute atomic E-state index is 4.81. The highest BCUT2D eigenvalue weighted by molar-refractivity contribution is 9.10. The summed E-state index contributed by atoms with van der Waals surface area (Å²) in [5.41, 5.74) is 3.49. The molecule has 25 heavy (non-hydrogen) atoms. The SMILES string of the molecule is CC[NH+](CC)CCn1c(NCc2cccc(Br)c2)nc2ccccc21. The number of quaternary nitrogens is 1. The van der Waals surface area contributed by atoms with Gasteiger partial charge in [-0.15, -0.1) is 0 Å². The third kappa shape index (κ3) is 4.41. The van der Waals surface area contributed by atoms with Gasteiger partial charge in [-0.3, -0.25) is 0 Å². The molecule has 1 aromatic heterocycles. The van der Waals surface area contributed by atoms with Gasteiger partial charge in [-0.1, -0.05) is 40.2 Å². The van der Waals surface area contributed by atoms with Crippen LogP contribution in [0.1, 0.15) is 19.4 Å². The fraction of sp³-hybridized carbons (Fsp3) is 0.350. The Kier molecular flexibility index (Phi) is 6.10. The van der Waals surface area contributed by atoms with Gasteiger partial charge in [-0.05, 0) is 43.7 Å². The molecule has 2 aromatic carbocycles. The Balaban J connectivity index is 1.82. The molecule has 0 saturated heterocycles. The van der Waals surface area contributed by atoms with Gasteiger partial charge in [0.25, 0.3) is 0 Å². The van der Waals surface area contributed by atoms with Gasteiger partial charge in [0.05, 0.1) is 37.2 Å². The standard InChI is InChI=1S/C20H25BrN4/c1-3-24(4-2)12-13-25-19-11-6-5-10-18(19)23-20(25)22-15-16-8-7-9-17(21)14-16/h5-11,14H,3-4,12-13,15H2,1-2H3,(H,22,23)/p+1. The number of hydrogen-bond donors (Lipinski definition) is 2. The first kappa shape index (κ1) is 18.0. The zero-order chi connectivity index (χ0) is 17.6. The molecule has 1 heterocycles. The zero-order valence-electron chi connectivity index (χ0n) is 14.9. The minimum atomic E-state index is 0.765. The summed E-state index contributed by atoms with van der Waals surface area (Å²) < 4.78 is 3.42. The van der Waals surface area contributed by atoms with Crippen LogP contribution in [0, 0.1) is 0 Å². The molecule has 0 aliphatic rings. The molecule has 0 amide bonds. The highest BCUT2D eigenvalue weighted by Crippen LogP contribution is 2.20. The zero-order valence-corrected chi connectivity index (χ0v) is 16.5. The van der Waals surface area contributed by atoms with Gasteiger partial charge < -0.3 is 14.8 Å². The van der Waals surface area contributed by atoms with Crippen molar-refractivity contribution in [2.24, 2.45) is 0 Å². The molecule has 0 fully saturated rings. The maximum atomic E-state index is 4.81. The van der Waals surface area contributed by atoms with E-state index in [-0.39, 0.29) is 0 Å². The summed E-state index contributed by atoms with van der Waals surface area (Å²) in [6, 6.07) is 16.8. The molecule has 0 saturated carbocycles. The second kappa shape index (κ2) is 8.50. The number of anilines is 1. The third-order valence-electron chi connectivity index (χ3n) is 4.68. The molecule has 5 heteroatoms. The number of imidazole rings is 1. The lowest BCUT2D eigenvalue weighted by atomic mass is 10.2. The van der Waals surface area contributed by atoms with Crippen molar-refractivity contribution in [3.05, 3.63) is 58.6 Å². The summed E-state index contributed by atoms with van der Waals surface area (Å²) in [6.45, 7) is 9.65. The number of benzene rings is 2. The van der Waals surface area contributed by atoms with Crippen LogP contribution in [-0.4, -0.2) is 29.2 Å². The predicted octanol–water partition coefficient (Wildman–Crippen LogP) is 3.34. The van der Waals surface area contributed by atoms with E-state index < -0.39 is 0 Å². The third-order valence-corrected chi connectivity index (χ3v) is 5.18. The number of aromatic nitrogens is 2. The van der Waals surface area contributed by atoms with Crippen molar-refractivity contribution in [2.45, 2.75) is 26.9 Å². The number of likely N-dealkylation sites (N-methyl/N-ethyl adjacent to an activating group) is 1. The summed E-state index contributed by atoms with van der Waals surface area (Å²) in [4.78, 5) is 6.42. The van der Waals surface area contributed by atoms with Crippen LogP contribution in [0.15, 0.2) is 53.0 Å². The van der Waals surface area contributed by atoms with Gasteiger partial charge >= 0.3 is 0 Å². The molecule has 0 aliphatic heterocycles. The summed E-state index contributed by atoms with van der Waals surface area (Å²) in [7, 11) is 0. The fourth-order valence-corrected chi connectivity index (χ4v) is 3.58. The minimum Gasteiger partial charge on any atom is -0.352 e. The van der Waals surface area contributed by atoms with E-state index in [1.165, 1.54) is 11.1 Å². The Hall–Kier alpha value is -1.85. The number of halogens is 1. The second-order valence-electron chi connectivity index (χ2n) is 6.27. The average molecular weight is 402 g/mol. The monoisotopic (exact) mass is 401 g/mol. The van der Waals surface area contributed by atoms with E-state index in [9.17, 15) is 0 Å². The summed E-state index contributed by atoms with van der Waals surface area (Å²) >= 11 is 3.54. The van der Waals surface area contributed by atoms with Crippen LogP contribution in [0.2, 0.25) is 0 Å². The second-order valence-corrected chi connectivity index (χ2v) is 7.18. The number of para-hydroxylation sites is 2. The Morgan fingerprint density at radius 3 is 2.64 bits per heavy atom. The normalized spacial score (nSPS) is 11.4. The molecule has 2 N–H and O–H groups in total. The Morgan fingerprint density at radius 2 is 1.88 bits per heavy atom. The van der Waals surface area contributed by atoms with E-state index in [0.717, 1.165) is 48.7 Å². The molecular weight excluding hydrogens is 376 g/mol. The molecule has 3 rings (SSSR count). The summed E-state index contributed by atoms with van der Waals surface area (Å²) in [5.74, 6) is 0.952. The lowest BCUT2D eigenvalue weighted by Crippen LogP contribution is -3.11. The van der Waals surface area contributed by atoms with E-state index >= 15 is 0 Å². The van der Waals surface area contributed by atoms with Crippen LogP contribution in [-0.2, 0) is 13.1 Å². The fourth-order valence-electron chi connectivity index (χ4n) is 3.14. The molecule has 0 spiro atoms. The van der Waals surface area contributed by atoms with Gasteiger partial charge in [0.15, 0.2) is 0 Å². The van der Waals surface area contributed by atoms with Crippen LogP contribution < -0.4 is 10.2 Å². The van der Waals surface area contributed by atoms with Crippen LogP contribution in [0.3, 0.4) is 0 Å². The first-order valence-electron chi connectivity index (χ1n) is 8.98. The topological polar surface area (TPSA) is 34.3 Å². The largest absolute Gasteiger partial charge is 0.352 e. The molecule has 0 bridgehead atoms. The number of nitrogens with one attached hydrogen (secondary N) is 2. The molecule has 0 aliphatic carbocycles. The number of hydrogen-bond acceptors (Lipinski definition) is 2. The average Bonchev–Trinajstić information content (AvgIpc) is 2.99. The van der Waals surface area contributed by atoms with E-state index in [0.29, 0.717) is 0 Å². The predicted molar refractivity (Wildman–Crippen MR) is 108 cm³/mol. The first-order chi connectivity index (χ1) is 12.2. The Morgan fingerprint density at radius 1 is 1.08 bits per heavy atom. The first-order valence-corrected chi connectivity index (χ1v) is 9.77. The summed E-state index contributed by atoms with van der Waals surface area (Å²) in [5, 5.41) is 3.53. The molecule has 132 valence electrons. The van der Waals surface area contributed by atoms with Gasteiger partial charge in [-0.2, -0.15) is 0 Å². The number of fused-ring (bicyclic) bond motifs is 1.